The van der Waals surface area contributed by atoms with E-state index in [0.29, 0.717) is 39.3 Å². The van der Waals surface area contributed by atoms with Gasteiger partial charge in [-0.15, -0.1) is 0 Å². The van der Waals surface area contributed by atoms with Gasteiger partial charge in [-0.3, -0.25) is 10.1 Å². The molecule has 162 valence electrons. The van der Waals surface area contributed by atoms with Gasteiger partial charge in [0.05, 0.1) is 23.2 Å². The highest BCUT2D eigenvalue weighted by Crippen LogP contribution is 2.36. The first-order valence-electron chi connectivity index (χ1n) is 9.61. The minimum Gasteiger partial charge on any atom is -0.490 e. The van der Waals surface area contributed by atoms with Gasteiger partial charge in [0.1, 0.15) is 12.4 Å². The zero-order valence-corrected chi connectivity index (χ0v) is 18.6. The molecule has 6 nitrogen and oxygen atoms in total. The number of ether oxygens (including phenoxy) is 2. The van der Waals surface area contributed by atoms with E-state index in [1.54, 1.807) is 42.5 Å². The van der Waals surface area contributed by atoms with E-state index < -0.39 is 10.7 Å². The predicted octanol–water partition coefficient (Wildman–Crippen LogP) is 6.54. The Balaban J connectivity index is 1.88. The topological polar surface area (TPSA) is 85.4 Å². The number of halogens is 2. The summed E-state index contributed by atoms with van der Waals surface area (Å²) in [6.07, 6.45) is 1.64. The van der Waals surface area contributed by atoms with E-state index in [1.807, 2.05) is 6.92 Å². The first-order chi connectivity index (χ1) is 15.4. The summed E-state index contributed by atoms with van der Waals surface area (Å²) in [6.45, 7) is 2.42. The number of nitro benzene ring substituents is 1. The van der Waals surface area contributed by atoms with Crippen molar-refractivity contribution in [2.24, 2.45) is 0 Å². The molecule has 0 aliphatic heterocycles. The molecule has 0 aliphatic rings. The molecule has 32 heavy (non-hydrogen) atoms. The molecule has 3 aromatic rings. The number of allylic oxidation sites excluding steroid dienone is 1. The largest absolute Gasteiger partial charge is 0.490 e. The van der Waals surface area contributed by atoms with Gasteiger partial charge in [-0.2, -0.15) is 5.26 Å². The molecule has 0 unspecified atom stereocenters. The first-order valence-corrected chi connectivity index (χ1v) is 10.4. The van der Waals surface area contributed by atoms with Gasteiger partial charge in [0.15, 0.2) is 11.5 Å². The molecule has 0 fully saturated rings. The van der Waals surface area contributed by atoms with Crippen LogP contribution >= 0.6 is 15.9 Å². The summed E-state index contributed by atoms with van der Waals surface area (Å²) >= 11 is 3.49. The number of benzene rings is 3. The predicted molar refractivity (Wildman–Crippen MR) is 123 cm³/mol. The molecule has 0 atom stereocenters. The Morgan fingerprint density at radius 3 is 2.50 bits per heavy atom. The molecular weight excluding hydrogens is 479 g/mol. The van der Waals surface area contributed by atoms with Crippen LogP contribution in [0, 0.1) is 27.3 Å². The van der Waals surface area contributed by atoms with Crippen LogP contribution in [0.25, 0.3) is 11.6 Å². The van der Waals surface area contributed by atoms with Crippen molar-refractivity contribution in [3.05, 3.63) is 97.8 Å². The van der Waals surface area contributed by atoms with Gasteiger partial charge in [-0.25, -0.2) is 4.39 Å². The van der Waals surface area contributed by atoms with Gasteiger partial charge in [-0.05, 0) is 66.1 Å². The van der Waals surface area contributed by atoms with Crippen LogP contribution in [0.1, 0.15) is 23.6 Å². The van der Waals surface area contributed by atoms with E-state index in [0.717, 1.165) is 5.56 Å². The van der Waals surface area contributed by atoms with Crippen molar-refractivity contribution in [2.75, 3.05) is 6.61 Å². The van der Waals surface area contributed by atoms with E-state index in [2.05, 4.69) is 22.0 Å². The molecule has 0 aliphatic carbocycles. The molecule has 0 aromatic heterocycles. The normalized spacial score (nSPS) is 11.0. The summed E-state index contributed by atoms with van der Waals surface area (Å²) in [5.41, 5.74) is 2.20. The Bertz CT molecular complexity index is 1200. The summed E-state index contributed by atoms with van der Waals surface area (Å²) in [6, 6.07) is 17.5. The lowest BCUT2D eigenvalue weighted by Gasteiger charge is -2.14. The van der Waals surface area contributed by atoms with Crippen LogP contribution in [-0.2, 0) is 6.61 Å². The molecule has 0 bridgehead atoms. The summed E-state index contributed by atoms with van der Waals surface area (Å²) in [5, 5.41) is 20.4. The molecule has 8 heteroatoms. The van der Waals surface area contributed by atoms with Gasteiger partial charge < -0.3 is 9.47 Å². The Morgan fingerprint density at radius 1 is 1.16 bits per heavy atom. The molecular formula is C24H18BrFN2O4. The molecule has 0 amide bonds. The van der Waals surface area contributed by atoms with Gasteiger partial charge in [-0.1, -0.05) is 28.1 Å². The van der Waals surface area contributed by atoms with Crippen LogP contribution < -0.4 is 9.47 Å². The fraction of sp³-hybridized carbons (Fsp3) is 0.125. The highest BCUT2D eigenvalue weighted by atomic mass is 79.9. The van der Waals surface area contributed by atoms with Crippen molar-refractivity contribution in [3.63, 3.8) is 0 Å². The maximum absolute atomic E-state index is 13.6. The van der Waals surface area contributed by atoms with Gasteiger partial charge >= 0.3 is 0 Å². The second kappa shape index (κ2) is 10.6. The van der Waals surface area contributed by atoms with Crippen molar-refractivity contribution in [1.29, 1.82) is 5.26 Å². The number of hydrogen-bond acceptors (Lipinski definition) is 5. The highest BCUT2D eigenvalue weighted by molar-refractivity contribution is 9.10. The Hall–Kier alpha value is -3.70. The average Bonchev–Trinajstić information content (AvgIpc) is 2.78. The molecule has 3 aromatic carbocycles. The second-order valence-electron chi connectivity index (χ2n) is 6.65. The van der Waals surface area contributed by atoms with Crippen LogP contribution in [-0.4, -0.2) is 11.5 Å². The lowest BCUT2D eigenvalue weighted by atomic mass is 10.0. The highest BCUT2D eigenvalue weighted by Gasteiger charge is 2.13. The third kappa shape index (κ3) is 5.71. The molecule has 0 spiro atoms. The summed E-state index contributed by atoms with van der Waals surface area (Å²) in [7, 11) is 0. The summed E-state index contributed by atoms with van der Waals surface area (Å²) in [5.74, 6) is 0.520. The second-order valence-corrected chi connectivity index (χ2v) is 7.50. The lowest BCUT2D eigenvalue weighted by Crippen LogP contribution is -2.01. The number of rotatable bonds is 8. The van der Waals surface area contributed by atoms with E-state index in [4.69, 9.17) is 9.47 Å². The van der Waals surface area contributed by atoms with Crippen LogP contribution in [0.15, 0.2) is 65.1 Å². The summed E-state index contributed by atoms with van der Waals surface area (Å²) < 4.78 is 25.8. The quantitative estimate of drug-likeness (QED) is 0.153. The van der Waals surface area contributed by atoms with Crippen LogP contribution in [0.2, 0.25) is 0 Å². The number of non-ortho nitro benzene ring substituents is 1. The maximum atomic E-state index is 13.6. The SMILES string of the molecule is CCOc1cc(/C=C(/C#N)c2cccc(F)c2)c(Br)cc1OCc1ccc([N+](=O)[O-])cc1. The average molecular weight is 497 g/mol. The van der Waals surface area contributed by atoms with Gasteiger partial charge in [0, 0.05) is 16.6 Å². The van der Waals surface area contributed by atoms with Gasteiger partial charge in [0.25, 0.3) is 5.69 Å². The van der Waals surface area contributed by atoms with E-state index >= 15 is 0 Å². The monoisotopic (exact) mass is 496 g/mol. The number of nitrogens with zero attached hydrogens (tertiary/aromatic N) is 2. The van der Waals surface area contributed by atoms with Gasteiger partial charge in [0.2, 0.25) is 0 Å². The molecule has 0 radical (unpaired) electrons. The smallest absolute Gasteiger partial charge is 0.269 e. The van der Waals surface area contributed by atoms with Crippen LogP contribution in [0.3, 0.4) is 0 Å². The van der Waals surface area contributed by atoms with E-state index in [1.165, 1.54) is 24.3 Å². The van der Waals surface area contributed by atoms with Crippen molar-refractivity contribution in [1.82, 2.24) is 0 Å². The standard InChI is InChI=1S/C24H18BrFN2O4/c1-2-31-23-12-18(10-19(14-27)17-4-3-5-20(26)11-17)22(25)13-24(23)32-15-16-6-8-21(9-7-16)28(29)30/h3-13H,2,15H2,1H3/b19-10-. The third-order valence-corrected chi connectivity index (χ3v) is 5.15. The molecule has 0 N–H and O–H groups in total. The zero-order valence-electron chi connectivity index (χ0n) is 17.0. The fourth-order valence-electron chi connectivity index (χ4n) is 2.91. The lowest BCUT2D eigenvalue weighted by molar-refractivity contribution is -0.384. The molecule has 0 heterocycles. The Labute approximate surface area is 192 Å². The molecule has 0 saturated heterocycles. The van der Waals surface area contributed by atoms with E-state index in [-0.39, 0.29) is 12.3 Å². The maximum Gasteiger partial charge on any atom is 0.269 e. The van der Waals surface area contributed by atoms with Crippen LogP contribution in [0.5, 0.6) is 11.5 Å². The molecule has 3 rings (SSSR count). The minimum atomic E-state index is -0.458. The fourth-order valence-corrected chi connectivity index (χ4v) is 3.35. The Kier molecular flexibility index (Phi) is 7.58. The molecule has 0 saturated carbocycles. The van der Waals surface area contributed by atoms with Crippen LogP contribution in [0.4, 0.5) is 10.1 Å². The van der Waals surface area contributed by atoms with Crippen molar-refractivity contribution in [2.45, 2.75) is 13.5 Å². The number of hydrogen-bond donors (Lipinski definition) is 0. The summed E-state index contributed by atoms with van der Waals surface area (Å²) in [4.78, 5) is 10.3. The van der Waals surface area contributed by atoms with Crippen molar-refractivity contribution < 1.29 is 18.8 Å². The zero-order chi connectivity index (χ0) is 23.1. The third-order valence-electron chi connectivity index (χ3n) is 4.46. The van der Waals surface area contributed by atoms with E-state index in [9.17, 15) is 19.8 Å². The van der Waals surface area contributed by atoms with Crippen molar-refractivity contribution in [3.8, 4) is 17.6 Å². The van der Waals surface area contributed by atoms with Crippen molar-refractivity contribution >= 4 is 33.3 Å². The minimum absolute atomic E-state index is 0.00855. The first kappa shape index (κ1) is 23.0. The number of nitriles is 1. The Morgan fingerprint density at radius 2 is 1.88 bits per heavy atom. The number of nitro groups is 1.